The third-order valence-electron chi connectivity index (χ3n) is 6.67. The van der Waals surface area contributed by atoms with Gasteiger partial charge in [0, 0.05) is 49.8 Å². The predicted molar refractivity (Wildman–Crippen MR) is 120 cm³/mol. The van der Waals surface area contributed by atoms with Crippen LogP contribution in [-0.4, -0.2) is 44.7 Å². The standard InChI is InChI=1S/C25H29N5O/c1-29-23-7-6-21(27-14-10-18-8-12-26-13-9-18)16-22(23)24(28-29)25(31)30-15-11-19-4-2-3-5-20(19)17-30/h2-5,8-9,12-13,21,27H,6-7,10-11,14-17H2,1H3. The molecular formula is C25H29N5O. The summed E-state index contributed by atoms with van der Waals surface area (Å²) in [4.78, 5) is 19.5. The molecule has 2 aliphatic rings. The summed E-state index contributed by atoms with van der Waals surface area (Å²) < 4.78 is 1.92. The van der Waals surface area contributed by atoms with E-state index in [0.29, 0.717) is 18.3 Å². The number of hydrogen-bond acceptors (Lipinski definition) is 4. The summed E-state index contributed by atoms with van der Waals surface area (Å²) in [5.41, 5.74) is 6.90. The summed E-state index contributed by atoms with van der Waals surface area (Å²) in [5, 5.41) is 8.37. The van der Waals surface area contributed by atoms with Crippen LogP contribution in [0, 0.1) is 0 Å². The van der Waals surface area contributed by atoms with Gasteiger partial charge in [-0.3, -0.25) is 14.5 Å². The lowest BCUT2D eigenvalue weighted by molar-refractivity contribution is 0.0726. The number of carbonyl (C=O) groups excluding carboxylic acids is 1. The Morgan fingerprint density at radius 3 is 2.77 bits per heavy atom. The summed E-state index contributed by atoms with van der Waals surface area (Å²) in [7, 11) is 1.97. The third-order valence-corrected chi connectivity index (χ3v) is 6.67. The first kappa shape index (κ1) is 19.9. The van der Waals surface area contributed by atoms with Crippen LogP contribution in [0.5, 0.6) is 0 Å². The molecule has 0 saturated heterocycles. The number of fused-ring (bicyclic) bond motifs is 2. The fraction of sp³-hybridized carbons (Fsp3) is 0.400. The first-order valence-electron chi connectivity index (χ1n) is 11.2. The molecule has 1 aromatic carbocycles. The summed E-state index contributed by atoms with van der Waals surface area (Å²) in [5.74, 6) is 0.0730. The molecule has 0 spiro atoms. The number of benzene rings is 1. The summed E-state index contributed by atoms with van der Waals surface area (Å²) in [6.45, 7) is 2.36. The van der Waals surface area contributed by atoms with E-state index in [1.807, 2.05) is 29.0 Å². The highest BCUT2D eigenvalue weighted by atomic mass is 16.2. The van der Waals surface area contributed by atoms with E-state index in [4.69, 9.17) is 0 Å². The minimum atomic E-state index is 0.0730. The molecule has 1 aliphatic heterocycles. The molecule has 0 saturated carbocycles. The molecule has 1 aliphatic carbocycles. The highest BCUT2D eigenvalue weighted by Crippen LogP contribution is 2.27. The highest BCUT2D eigenvalue weighted by Gasteiger charge is 2.31. The Balaban J connectivity index is 1.27. The molecule has 3 heterocycles. The van der Waals surface area contributed by atoms with Gasteiger partial charge < -0.3 is 10.2 Å². The van der Waals surface area contributed by atoms with Crippen LogP contribution in [0.4, 0.5) is 0 Å². The van der Waals surface area contributed by atoms with E-state index in [2.05, 4.69) is 51.8 Å². The van der Waals surface area contributed by atoms with Gasteiger partial charge in [-0.1, -0.05) is 24.3 Å². The molecule has 6 heteroatoms. The van der Waals surface area contributed by atoms with Crippen molar-refractivity contribution in [2.24, 2.45) is 7.05 Å². The topological polar surface area (TPSA) is 63.1 Å². The minimum absolute atomic E-state index is 0.0730. The SMILES string of the molecule is Cn1nc(C(=O)N2CCc3ccccc3C2)c2c1CCC(NCCc1ccncc1)C2. The maximum Gasteiger partial charge on any atom is 0.274 e. The Bertz CT molecular complexity index is 1070. The van der Waals surface area contributed by atoms with Crippen LogP contribution in [-0.2, 0) is 39.3 Å². The molecule has 3 aromatic rings. The van der Waals surface area contributed by atoms with Crippen LogP contribution in [0.15, 0.2) is 48.8 Å². The Hall–Kier alpha value is -2.99. The molecule has 1 atom stereocenters. The van der Waals surface area contributed by atoms with Crippen molar-refractivity contribution in [2.75, 3.05) is 13.1 Å². The molecule has 5 rings (SSSR count). The van der Waals surface area contributed by atoms with E-state index < -0.39 is 0 Å². The first-order chi connectivity index (χ1) is 15.2. The molecule has 2 aromatic heterocycles. The summed E-state index contributed by atoms with van der Waals surface area (Å²) >= 11 is 0. The van der Waals surface area contributed by atoms with Gasteiger partial charge in [-0.2, -0.15) is 5.10 Å². The second-order valence-corrected chi connectivity index (χ2v) is 8.64. The zero-order chi connectivity index (χ0) is 21.2. The zero-order valence-corrected chi connectivity index (χ0v) is 18.1. The number of hydrogen-bond donors (Lipinski definition) is 1. The molecule has 160 valence electrons. The lowest BCUT2D eigenvalue weighted by Crippen LogP contribution is -2.38. The van der Waals surface area contributed by atoms with E-state index in [1.165, 1.54) is 22.4 Å². The van der Waals surface area contributed by atoms with Crippen molar-refractivity contribution < 1.29 is 4.79 Å². The van der Waals surface area contributed by atoms with E-state index in [1.54, 1.807) is 0 Å². The van der Waals surface area contributed by atoms with Crippen LogP contribution in [0.3, 0.4) is 0 Å². The van der Waals surface area contributed by atoms with Gasteiger partial charge in [0.25, 0.3) is 5.91 Å². The molecular weight excluding hydrogens is 386 g/mol. The van der Waals surface area contributed by atoms with Crippen molar-refractivity contribution in [3.8, 4) is 0 Å². The fourth-order valence-electron chi connectivity index (χ4n) is 4.92. The maximum atomic E-state index is 13.4. The van der Waals surface area contributed by atoms with Gasteiger partial charge in [-0.15, -0.1) is 0 Å². The molecule has 1 N–H and O–H groups in total. The van der Waals surface area contributed by atoms with Crippen molar-refractivity contribution in [1.29, 1.82) is 0 Å². The van der Waals surface area contributed by atoms with Crippen molar-refractivity contribution in [3.05, 3.63) is 82.4 Å². The van der Waals surface area contributed by atoms with Gasteiger partial charge in [-0.05, 0) is 67.5 Å². The zero-order valence-electron chi connectivity index (χ0n) is 18.1. The van der Waals surface area contributed by atoms with Gasteiger partial charge in [0.05, 0.1) is 0 Å². The number of carbonyl (C=O) groups is 1. The molecule has 0 fully saturated rings. The van der Waals surface area contributed by atoms with Gasteiger partial charge in [0.15, 0.2) is 5.69 Å². The minimum Gasteiger partial charge on any atom is -0.333 e. The average molecular weight is 416 g/mol. The largest absolute Gasteiger partial charge is 0.333 e. The van der Waals surface area contributed by atoms with Crippen molar-refractivity contribution in [3.63, 3.8) is 0 Å². The van der Waals surface area contributed by atoms with Crippen LogP contribution in [0.25, 0.3) is 0 Å². The monoisotopic (exact) mass is 415 g/mol. The van der Waals surface area contributed by atoms with Crippen LogP contribution >= 0.6 is 0 Å². The summed E-state index contributed by atoms with van der Waals surface area (Å²) in [6.07, 6.45) is 8.48. The summed E-state index contributed by atoms with van der Waals surface area (Å²) in [6, 6.07) is 12.9. The van der Waals surface area contributed by atoms with Crippen molar-refractivity contribution in [2.45, 2.75) is 44.7 Å². The van der Waals surface area contributed by atoms with Crippen molar-refractivity contribution in [1.82, 2.24) is 25.0 Å². The van der Waals surface area contributed by atoms with Crippen LogP contribution < -0.4 is 5.32 Å². The molecule has 1 amide bonds. The van der Waals surface area contributed by atoms with E-state index in [9.17, 15) is 4.79 Å². The highest BCUT2D eigenvalue weighted by molar-refractivity contribution is 5.94. The van der Waals surface area contributed by atoms with Crippen LogP contribution in [0.2, 0.25) is 0 Å². The van der Waals surface area contributed by atoms with Crippen LogP contribution in [0.1, 0.15) is 44.9 Å². The molecule has 6 nitrogen and oxygen atoms in total. The quantitative estimate of drug-likeness (QED) is 0.696. The average Bonchev–Trinajstić information content (AvgIpc) is 3.15. The van der Waals surface area contributed by atoms with E-state index in [-0.39, 0.29) is 5.91 Å². The molecule has 1 unspecified atom stereocenters. The molecule has 0 radical (unpaired) electrons. The number of amides is 1. The number of rotatable bonds is 5. The number of aromatic nitrogens is 3. The lowest BCUT2D eigenvalue weighted by Gasteiger charge is -2.29. The Kier molecular flexibility index (Phi) is 5.55. The van der Waals surface area contributed by atoms with Gasteiger partial charge in [0.2, 0.25) is 0 Å². The predicted octanol–water partition coefficient (Wildman–Crippen LogP) is 2.70. The molecule has 0 bridgehead atoms. The van der Waals surface area contributed by atoms with Gasteiger partial charge in [-0.25, -0.2) is 0 Å². The van der Waals surface area contributed by atoms with Gasteiger partial charge in [0.1, 0.15) is 0 Å². The first-order valence-corrected chi connectivity index (χ1v) is 11.2. The smallest absolute Gasteiger partial charge is 0.274 e. The third kappa shape index (κ3) is 4.12. The number of nitrogens with zero attached hydrogens (tertiary/aromatic N) is 4. The Labute approximate surface area is 183 Å². The fourth-order valence-corrected chi connectivity index (χ4v) is 4.92. The van der Waals surface area contributed by atoms with E-state index in [0.717, 1.165) is 50.8 Å². The van der Waals surface area contributed by atoms with Crippen molar-refractivity contribution >= 4 is 5.91 Å². The Morgan fingerprint density at radius 1 is 1.13 bits per heavy atom. The lowest BCUT2D eigenvalue weighted by atomic mass is 9.90. The second kappa shape index (κ2) is 8.63. The van der Waals surface area contributed by atoms with Gasteiger partial charge >= 0.3 is 0 Å². The molecule has 31 heavy (non-hydrogen) atoms. The number of nitrogens with one attached hydrogen (secondary N) is 1. The Morgan fingerprint density at radius 2 is 1.94 bits per heavy atom. The number of pyridine rings is 1. The normalized spacial score (nSPS) is 17.8. The number of aryl methyl sites for hydroxylation is 1. The maximum absolute atomic E-state index is 13.4. The van der Waals surface area contributed by atoms with E-state index >= 15 is 0 Å². The second-order valence-electron chi connectivity index (χ2n) is 8.64.